The molecule has 7 amide bonds. The predicted octanol–water partition coefficient (Wildman–Crippen LogP) is 0.0894. The summed E-state index contributed by atoms with van der Waals surface area (Å²) in [7, 11) is 0. The minimum absolute atomic E-state index is 0.0443. The maximum Gasteiger partial charge on any atom is 0.251 e. The Labute approximate surface area is 497 Å². The normalized spacial score (nSPS) is 26.8. The largest absolute Gasteiger partial charge is 0.506 e. The molecule has 0 aliphatic carbocycles. The van der Waals surface area contributed by atoms with Crippen LogP contribution in [0.4, 0.5) is 5.69 Å². The van der Waals surface area contributed by atoms with Crippen LogP contribution in [0.2, 0.25) is 0 Å². The molecule has 3 aliphatic heterocycles. The van der Waals surface area contributed by atoms with Gasteiger partial charge in [0.1, 0.15) is 66.1 Å². The van der Waals surface area contributed by atoms with Gasteiger partial charge in [0.2, 0.25) is 35.4 Å². The number of unbranched alkanes of at least 4 members (excludes halogenated alkanes) is 2. The number of aliphatic hydroxyl groups excluding tert-OH is 7. The van der Waals surface area contributed by atoms with Gasteiger partial charge in [0.25, 0.3) is 5.91 Å². The molecule has 3 heterocycles. The van der Waals surface area contributed by atoms with E-state index in [4.69, 9.17) is 15.2 Å². The number of ether oxygens (including phenoxy) is 2. The highest BCUT2D eigenvalue weighted by Crippen LogP contribution is 2.31. The molecule has 0 saturated carbocycles. The number of rotatable bonds is 17. The van der Waals surface area contributed by atoms with Crippen LogP contribution >= 0.6 is 0 Å². The number of carbonyl (C=O) groups excluding carboxylic acids is 7. The van der Waals surface area contributed by atoms with E-state index >= 15 is 0 Å². The predicted molar refractivity (Wildman–Crippen MR) is 312 cm³/mol. The van der Waals surface area contributed by atoms with Crippen molar-refractivity contribution in [1.82, 2.24) is 36.4 Å². The monoisotopic (exact) mass is 1200 g/mol. The molecule has 15 N–H and O–H groups in total. The summed E-state index contributed by atoms with van der Waals surface area (Å²) >= 11 is 0. The number of nitrogen functional groups attached to an aromatic ring is 1. The average molecular weight is 1200 g/mol. The van der Waals surface area contributed by atoms with Crippen LogP contribution in [0, 0.1) is 5.92 Å². The zero-order valence-corrected chi connectivity index (χ0v) is 48.6. The van der Waals surface area contributed by atoms with E-state index in [1.165, 1.54) is 19.1 Å². The van der Waals surface area contributed by atoms with Gasteiger partial charge in [-0.15, -0.1) is 0 Å². The second-order valence-electron chi connectivity index (χ2n) is 22.4. The zero-order valence-electron chi connectivity index (χ0n) is 48.6. The molecular weight excluding hydrogens is 1120 g/mol. The number of nitrogens with one attached hydrogen (secondary N) is 5. The first kappa shape index (κ1) is 65.8. The van der Waals surface area contributed by atoms with Gasteiger partial charge in [-0.1, -0.05) is 88.2 Å². The maximum atomic E-state index is 14.7. The summed E-state index contributed by atoms with van der Waals surface area (Å²) in [5.74, 6) is -8.50. The van der Waals surface area contributed by atoms with E-state index in [2.05, 4.69) is 33.5 Å². The topological polar surface area (TPSA) is 392 Å². The number of hydrogen-bond acceptors (Lipinski definition) is 18. The van der Waals surface area contributed by atoms with Crippen molar-refractivity contribution in [1.29, 1.82) is 0 Å². The molecule has 0 unspecified atom stereocenters. The molecule has 86 heavy (non-hydrogen) atoms. The maximum absolute atomic E-state index is 14.7. The lowest BCUT2D eigenvalue weighted by molar-refractivity contribution is -0.149. The first-order valence-corrected chi connectivity index (χ1v) is 29.0. The van der Waals surface area contributed by atoms with Crippen LogP contribution in [-0.4, -0.2) is 197 Å². The summed E-state index contributed by atoms with van der Waals surface area (Å²) in [5.41, 5.74) is 8.96. The molecule has 25 nitrogen and oxygen atoms in total. The second-order valence-corrected chi connectivity index (χ2v) is 22.4. The number of nitrogens with two attached hydrogens (primary N) is 1. The summed E-state index contributed by atoms with van der Waals surface area (Å²) in [4.78, 5) is 103. The van der Waals surface area contributed by atoms with Gasteiger partial charge in [0.05, 0.1) is 36.7 Å². The quantitative estimate of drug-likeness (QED) is 0.0378. The molecule has 4 aromatic rings. The fourth-order valence-electron chi connectivity index (χ4n) is 10.7. The minimum Gasteiger partial charge on any atom is -0.506 e. The molecule has 7 rings (SSSR count). The smallest absolute Gasteiger partial charge is 0.251 e. The molecule has 15 atom stereocenters. The van der Waals surface area contributed by atoms with Crippen molar-refractivity contribution in [2.45, 2.75) is 158 Å². The van der Waals surface area contributed by atoms with Crippen LogP contribution < -0.4 is 37.1 Å². The molecule has 3 fully saturated rings. The standard InChI is InChI=1S/C61H80N8O17/c1-6-8-9-25-85-41-21-18-37(19-22-41)35-12-10-34(11-13-35)36-14-16-38(17-15-36)54(78)63-43-28-46(74)59(86-24-7-2)67-58(82)50-51(75)31(3)29-69(50)61(84)48(33(5)71)65-57(81)49(53(77)52(76)39-20-23-45(73)42(62)26-39)66-56(80)44-27-40(72)30-68(44)60(83)47(32(4)70)64-55(43)79/h10-23,26,31-33,40,43-44,46-53,59,70-77H,6-9,24-25,27-30,62H2,1-5H3,(H,63,78)(H,64,79)(H,65,81)(H,66,80)(H,67,82)/t31-,32+,33+,40+,43-,44-,46+,47-,48-,49-,50-,51-,52-,53-,59+/m0/s1. The average Bonchev–Trinajstić information content (AvgIpc) is 1.94. The first-order valence-electron chi connectivity index (χ1n) is 29.0. The van der Waals surface area contributed by atoms with Gasteiger partial charge in [-0.3, -0.25) is 33.6 Å². The molecule has 0 bridgehead atoms. The van der Waals surface area contributed by atoms with E-state index in [1.54, 1.807) is 19.1 Å². The Balaban J connectivity index is 1.21. The fraction of sp³-hybridized carbons (Fsp3) is 0.492. The van der Waals surface area contributed by atoms with Crippen LogP contribution in [0.25, 0.3) is 22.3 Å². The van der Waals surface area contributed by atoms with Crippen molar-refractivity contribution in [3.8, 4) is 33.8 Å². The summed E-state index contributed by atoms with van der Waals surface area (Å²) < 4.78 is 11.8. The molecule has 25 heteroatoms. The van der Waals surface area contributed by atoms with Gasteiger partial charge in [0.15, 0.2) is 6.23 Å². The molecule has 0 radical (unpaired) electrons. The number of benzene rings is 4. The van der Waals surface area contributed by atoms with Crippen LogP contribution in [0.15, 0.2) is 91.0 Å². The van der Waals surface area contributed by atoms with Gasteiger partial charge in [-0.25, -0.2) is 0 Å². The zero-order chi connectivity index (χ0) is 62.7. The Kier molecular flexibility index (Phi) is 22.6. The molecule has 3 aliphatic rings. The molecule has 0 spiro atoms. The number of aromatic hydroxyl groups is 1. The van der Waals surface area contributed by atoms with Crippen molar-refractivity contribution in [2.24, 2.45) is 5.92 Å². The Morgan fingerprint density at radius 2 is 1.22 bits per heavy atom. The van der Waals surface area contributed by atoms with E-state index < -0.39 is 158 Å². The number of phenols is 1. The Morgan fingerprint density at radius 3 is 1.79 bits per heavy atom. The van der Waals surface area contributed by atoms with Gasteiger partial charge in [-0.05, 0) is 90.9 Å². The number of anilines is 1. The molecule has 0 aromatic heterocycles. The van der Waals surface area contributed by atoms with Gasteiger partial charge >= 0.3 is 0 Å². The van der Waals surface area contributed by atoms with E-state index in [-0.39, 0.29) is 30.0 Å². The van der Waals surface area contributed by atoms with E-state index in [1.807, 2.05) is 48.5 Å². The summed E-state index contributed by atoms with van der Waals surface area (Å²) in [6.45, 7) is 7.21. The molecule has 466 valence electrons. The molecule has 3 saturated heterocycles. The highest BCUT2D eigenvalue weighted by molar-refractivity contribution is 6.00. The number of nitrogens with zero attached hydrogens (tertiary/aromatic N) is 2. The molecule has 4 aromatic carbocycles. The summed E-state index contributed by atoms with van der Waals surface area (Å²) in [5, 5.41) is 102. The van der Waals surface area contributed by atoms with E-state index in [0.29, 0.717) is 13.0 Å². The number of hydrogen-bond donors (Lipinski definition) is 14. The Morgan fingerprint density at radius 1 is 0.663 bits per heavy atom. The lowest BCUT2D eigenvalue weighted by Gasteiger charge is -2.34. The van der Waals surface area contributed by atoms with Crippen molar-refractivity contribution in [2.75, 3.05) is 32.0 Å². The summed E-state index contributed by atoms with van der Waals surface area (Å²) in [6, 6.07) is 13.7. The number of carbonyl (C=O) groups is 7. The van der Waals surface area contributed by atoms with Crippen molar-refractivity contribution in [3.05, 3.63) is 102 Å². The van der Waals surface area contributed by atoms with Crippen LogP contribution in [0.1, 0.15) is 95.2 Å². The number of fused-ring (bicyclic) bond motifs is 2. The van der Waals surface area contributed by atoms with E-state index in [0.717, 1.165) is 89.1 Å². The van der Waals surface area contributed by atoms with Gasteiger partial charge in [0, 0.05) is 44.0 Å². The Hall–Kier alpha value is -7.75. The minimum atomic E-state index is -2.34. The third-order valence-electron chi connectivity index (χ3n) is 15.7. The third kappa shape index (κ3) is 15.8. The number of aliphatic hydroxyl groups is 7. The summed E-state index contributed by atoms with van der Waals surface area (Å²) in [6.07, 6.45) is -12.4. The Bertz CT molecular complexity index is 3000. The first-order chi connectivity index (χ1) is 40.9. The van der Waals surface area contributed by atoms with Crippen molar-refractivity contribution >= 4 is 47.0 Å². The van der Waals surface area contributed by atoms with E-state index in [9.17, 15) is 74.4 Å². The SMILES string of the molecule is CCCCCOc1ccc(-c2ccc(-c3ccc(C(=O)N[C@H]4C[C@@H](O)[C@@H](OCCC)NC(=O)[C@@H]5[C@@H](O)[C@@H](C)CN5C(=O)[C@H]([C@@H](C)O)NC(=O)[C@H]([C@H](O)[C@@H](O)c5ccc(O)c(N)c5)NC(=O)[C@@H]5C[C@@H](O)CN5C(=O)[C@H]([C@@H](C)O)NC4=O)cc3)cc2)cc1. The molecular formula is C61H80N8O17. The van der Waals surface area contributed by atoms with Crippen molar-refractivity contribution < 1.29 is 83.9 Å². The highest BCUT2D eigenvalue weighted by Gasteiger charge is 2.50. The lowest BCUT2D eigenvalue weighted by Crippen LogP contribution is -2.64. The van der Waals surface area contributed by atoms with Crippen LogP contribution in [0.3, 0.4) is 0 Å². The van der Waals surface area contributed by atoms with Gasteiger partial charge in [-0.2, -0.15) is 0 Å². The number of phenolic OH excluding ortho intramolecular Hbond substituents is 1. The fourth-order valence-corrected chi connectivity index (χ4v) is 10.7. The van der Waals surface area contributed by atoms with Gasteiger partial charge < -0.3 is 92.4 Å². The lowest BCUT2D eigenvalue weighted by atomic mass is 9.96. The van der Waals surface area contributed by atoms with Crippen LogP contribution in [-0.2, 0) is 33.5 Å². The highest BCUT2D eigenvalue weighted by atomic mass is 16.5. The number of amides is 7. The second kappa shape index (κ2) is 29.6. The third-order valence-corrected chi connectivity index (χ3v) is 15.7. The van der Waals surface area contributed by atoms with Crippen molar-refractivity contribution in [3.63, 3.8) is 0 Å². The van der Waals surface area contributed by atoms with Crippen LogP contribution in [0.5, 0.6) is 11.5 Å².